The molecule has 6 heteroatoms. The maximum atomic E-state index is 11.4. The summed E-state index contributed by atoms with van der Waals surface area (Å²) in [4.78, 5) is 24.0. The molecule has 88 valence electrons. The summed E-state index contributed by atoms with van der Waals surface area (Å²) in [6, 6.07) is 3.59. The van der Waals surface area contributed by atoms with E-state index in [4.69, 9.17) is 5.11 Å². The van der Waals surface area contributed by atoms with Gasteiger partial charge in [-0.05, 0) is 17.9 Å². The van der Waals surface area contributed by atoms with Crippen molar-refractivity contribution in [2.24, 2.45) is 0 Å². The molecule has 0 saturated carbocycles. The first-order chi connectivity index (χ1) is 7.59. The van der Waals surface area contributed by atoms with Crippen molar-refractivity contribution >= 4 is 23.3 Å². The number of amides is 2. The van der Waals surface area contributed by atoms with Crippen LogP contribution in [-0.4, -0.2) is 42.1 Å². The molecule has 16 heavy (non-hydrogen) atoms. The van der Waals surface area contributed by atoms with Gasteiger partial charge in [0.1, 0.15) is 6.54 Å². The van der Waals surface area contributed by atoms with E-state index >= 15 is 0 Å². The van der Waals surface area contributed by atoms with Gasteiger partial charge in [0.05, 0.1) is 0 Å². The normalized spacial score (nSPS) is 9.81. The summed E-state index contributed by atoms with van der Waals surface area (Å²) in [7, 11) is 1.45. The van der Waals surface area contributed by atoms with Crippen LogP contribution in [0.1, 0.15) is 4.88 Å². The third kappa shape index (κ3) is 4.31. The molecular weight excluding hydrogens is 228 g/mol. The zero-order valence-corrected chi connectivity index (χ0v) is 9.79. The van der Waals surface area contributed by atoms with Crippen LogP contribution in [-0.2, 0) is 11.2 Å². The Morgan fingerprint density at radius 3 is 2.88 bits per heavy atom. The van der Waals surface area contributed by atoms with Crippen molar-refractivity contribution in [3.8, 4) is 0 Å². The van der Waals surface area contributed by atoms with E-state index in [0.29, 0.717) is 6.54 Å². The van der Waals surface area contributed by atoms with Gasteiger partial charge < -0.3 is 15.3 Å². The molecule has 1 heterocycles. The first-order valence-corrected chi connectivity index (χ1v) is 5.70. The molecule has 0 aromatic carbocycles. The number of hydrogen-bond donors (Lipinski definition) is 2. The number of carboxylic acids is 1. The number of likely N-dealkylation sites (N-methyl/N-ethyl adjacent to an activating group) is 1. The summed E-state index contributed by atoms with van der Waals surface area (Å²) in [5.41, 5.74) is 0. The molecule has 2 N–H and O–H groups in total. The Balaban J connectivity index is 2.22. The summed E-state index contributed by atoms with van der Waals surface area (Å²) >= 11 is 1.63. The number of nitrogens with zero attached hydrogens (tertiary/aromatic N) is 1. The molecule has 0 radical (unpaired) electrons. The van der Waals surface area contributed by atoms with Crippen LogP contribution < -0.4 is 5.32 Å². The molecule has 1 aromatic heterocycles. The zero-order valence-electron chi connectivity index (χ0n) is 8.97. The van der Waals surface area contributed by atoms with E-state index in [1.165, 1.54) is 11.9 Å². The molecule has 1 aromatic rings. The second-order valence-corrected chi connectivity index (χ2v) is 4.34. The van der Waals surface area contributed by atoms with Crippen LogP contribution in [0.25, 0.3) is 0 Å². The van der Waals surface area contributed by atoms with Crippen LogP contribution in [0, 0.1) is 0 Å². The number of hydrogen-bond acceptors (Lipinski definition) is 3. The van der Waals surface area contributed by atoms with Gasteiger partial charge in [-0.3, -0.25) is 4.79 Å². The highest BCUT2D eigenvalue weighted by atomic mass is 32.1. The van der Waals surface area contributed by atoms with Gasteiger partial charge in [-0.1, -0.05) is 6.07 Å². The quantitative estimate of drug-likeness (QED) is 0.809. The number of aliphatic carboxylic acids is 1. The standard InChI is InChI=1S/C10H14N2O3S/c1-12(7-9(13)14)10(15)11-5-4-8-3-2-6-16-8/h2-3,6H,4-5,7H2,1H3,(H,11,15)(H,13,14). The van der Waals surface area contributed by atoms with Gasteiger partial charge in [-0.25, -0.2) is 4.79 Å². The number of nitrogens with one attached hydrogen (secondary N) is 1. The largest absolute Gasteiger partial charge is 0.480 e. The average molecular weight is 242 g/mol. The Hall–Kier alpha value is -1.56. The second-order valence-electron chi connectivity index (χ2n) is 3.31. The summed E-state index contributed by atoms with van der Waals surface area (Å²) in [6.07, 6.45) is 0.768. The van der Waals surface area contributed by atoms with E-state index in [-0.39, 0.29) is 12.6 Å². The lowest BCUT2D eigenvalue weighted by atomic mass is 10.3. The van der Waals surface area contributed by atoms with Crippen LogP contribution in [0.4, 0.5) is 4.79 Å². The highest BCUT2D eigenvalue weighted by molar-refractivity contribution is 7.09. The fraction of sp³-hybridized carbons (Fsp3) is 0.400. The Morgan fingerprint density at radius 2 is 2.31 bits per heavy atom. The number of thiophene rings is 1. The lowest BCUT2D eigenvalue weighted by Gasteiger charge is -2.15. The van der Waals surface area contributed by atoms with Crippen molar-refractivity contribution in [1.29, 1.82) is 0 Å². The third-order valence-corrected chi connectivity index (χ3v) is 2.88. The summed E-state index contributed by atoms with van der Waals surface area (Å²) in [6.45, 7) is 0.230. The van der Waals surface area contributed by atoms with Crippen molar-refractivity contribution in [1.82, 2.24) is 10.2 Å². The molecule has 0 bridgehead atoms. The Bertz CT molecular complexity index is 351. The van der Waals surface area contributed by atoms with Gasteiger partial charge in [-0.15, -0.1) is 11.3 Å². The lowest BCUT2D eigenvalue weighted by molar-refractivity contribution is -0.137. The van der Waals surface area contributed by atoms with Gasteiger partial charge in [0.25, 0.3) is 0 Å². The maximum absolute atomic E-state index is 11.4. The van der Waals surface area contributed by atoms with Gasteiger partial charge in [0, 0.05) is 18.5 Å². The van der Waals surface area contributed by atoms with E-state index in [9.17, 15) is 9.59 Å². The van der Waals surface area contributed by atoms with E-state index in [2.05, 4.69) is 5.32 Å². The highest BCUT2D eigenvalue weighted by Crippen LogP contribution is 2.07. The smallest absolute Gasteiger partial charge is 0.323 e. The molecule has 5 nitrogen and oxygen atoms in total. The van der Waals surface area contributed by atoms with Gasteiger partial charge >= 0.3 is 12.0 Å². The number of carbonyl (C=O) groups excluding carboxylic acids is 1. The fourth-order valence-corrected chi connectivity index (χ4v) is 1.87. The predicted octanol–water partition coefficient (Wildman–Crippen LogP) is 1.02. The minimum Gasteiger partial charge on any atom is -0.480 e. The SMILES string of the molecule is CN(CC(=O)O)C(=O)NCCc1cccs1. The molecule has 0 atom stereocenters. The van der Waals surface area contributed by atoms with Crippen molar-refractivity contribution in [3.05, 3.63) is 22.4 Å². The van der Waals surface area contributed by atoms with Crippen molar-refractivity contribution in [2.75, 3.05) is 20.1 Å². The molecule has 0 fully saturated rings. The predicted molar refractivity (Wildman–Crippen MR) is 61.7 cm³/mol. The van der Waals surface area contributed by atoms with Gasteiger partial charge in [0.2, 0.25) is 0 Å². The van der Waals surface area contributed by atoms with Crippen LogP contribution in [0.2, 0.25) is 0 Å². The topological polar surface area (TPSA) is 69.6 Å². The summed E-state index contributed by atoms with van der Waals surface area (Å²) < 4.78 is 0. The molecule has 0 saturated heterocycles. The minimum absolute atomic E-state index is 0.287. The fourth-order valence-electron chi connectivity index (χ4n) is 1.16. The highest BCUT2D eigenvalue weighted by Gasteiger charge is 2.10. The second kappa shape index (κ2) is 6.12. The van der Waals surface area contributed by atoms with E-state index < -0.39 is 5.97 Å². The summed E-state index contributed by atoms with van der Waals surface area (Å²) in [5, 5.41) is 13.1. The van der Waals surface area contributed by atoms with E-state index in [0.717, 1.165) is 11.3 Å². The van der Waals surface area contributed by atoms with Gasteiger partial charge in [0.15, 0.2) is 0 Å². The monoisotopic (exact) mass is 242 g/mol. The number of carboxylic acid groups (broad SMARTS) is 1. The Kier molecular flexibility index (Phi) is 4.78. The molecule has 0 aliphatic heterocycles. The average Bonchev–Trinajstić information content (AvgIpc) is 2.69. The number of urea groups is 1. The van der Waals surface area contributed by atoms with Crippen molar-refractivity contribution in [2.45, 2.75) is 6.42 Å². The zero-order chi connectivity index (χ0) is 12.0. The molecule has 0 unspecified atom stereocenters. The Morgan fingerprint density at radius 1 is 1.56 bits per heavy atom. The van der Waals surface area contributed by atoms with Crippen molar-refractivity contribution < 1.29 is 14.7 Å². The lowest BCUT2D eigenvalue weighted by Crippen LogP contribution is -2.40. The molecule has 2 amide bonds. The molecule has 0 aliphatic rings. The molecule has 1 rings (SSSR count). The van der Waals surface area contributed by atoms with Crippen LogP contribution in [0.5, 0.6) is 0 Å². The molecule has 0 spiro atoms. The van der Waals surface area contributed by atoms with Crippen LogP contribution in [0.15, 0.2) is 17.5 Å². The van der Waals surface area contributed by atoms with E-state index in [1.807, 2.05) is 17.5 Å². The molecular formula is C10H14N2O3S. The number of carbonyl (C=O) groups is 2. The first kappa shape index (κ1) is 12.5. The molecule has 0 aliphatic carbocycles. The van der Waals surface area contributed by atoms with Crippen molar-refractivity contribution in [3.63, 3.8) is 0 Å². The van der Waals surface area contributed by atoms with Crippen LogP contribution in [0.3, 0.4) is 0 Å². The summed E-state index contributed by atoms with van der Waals surface area (Å²) in [5.74, 6) is -1.02. The van der Waals surface area contributed by atoms with E-state index in [1.54, 1.807) is 11.3 Å². The maximum Gasteiger partial charge on any atom is 0.323 e. The minimum atomic E-state index is -1.02. The number of rotatable bonds is 5. The third-order valence-electron chi connectivity index (χ3n) is 1.95. The van der Waals surface area contributed by atoms with Crippen LogP contribution >= 0.6 is 11.3 Å². The first-order valence-electron chi connectivity index (χ1n) is 4.82. The van der Waals surface area contributed by atoms with Gasteiger partial charge in [-0.2, -0.15) is 0 Å². The Labute approximate surface area is 97.7 Å².